The largest absolute Gasteiger partial charge is 0.457 e. The molecule has 0 radical (unpaired) electrons. The number of ether oxygens (including phenoxy) is 1. The summed E-state index contributed by atoms with van der Waals surface area (Å²) in [5.74, 6) is 3.34. The minimum atomic E-state index is 0.663. The minimum Gasteiger partial charge on any atom is -0.457 e. The second-order valence-electron chi connectivity index (χ2n) is 11.4. The Morgan fingerprint density at radius 2 is 1.39 bits per heavy atom. The Hall–Kier alpha value is -5.62. The monoisotopic (exact) mass is 573 g/mol. The zero-order chi connectivity index (χ0) is 29.8. The van der Waals surface area contributed by atoms with Crippen molar-refractivity contribution in [1.29, 1.82) is 0 Å². The van der Waals surface area contributed by atoms with Crippen LogP contribution in [0.1, 0.15) is 16.7 Å². The normalized spacial score (nSPS) is 12.7. The van der Waals surface area contributed by atoms with Crippen LogP contribution < -0.4 is 14.5 Å². The summed E-state index contributed by atoms with van der Waals surface area (Å²) in [6.07, 6.45) is 3.69. The fraction of sp³-hybridized carbons (Fsp3) is 0.105. The molecule has 4 aromatic carbocycles. The lowest BCUT2D eigenvalue weighted by Gasteiger charge is -2.25. The van der Waals surface area contributed by atoms with E-state index in [9.17, 15) is 0 Å². The van der Waals surface area contributed by atoms with Crippen LogP contribution in [0.15, 0.2) is 122 Å². The first-order valence-corrected chi connectivity index (χ1v) is 14.9. The standard InChI is InChI=1S/C38H31N5O/c1-25-20-26(2)37(27(3)21-25)42-24-41(38-34(42)14-9-19-40-38)28-10-8-11-29(22-28)44-30-16-17-32-31-12-4-5-13-33(31)43(35(32)23-30)36-15-6-7-18-39-36/h4-23H,24H2,1-3H3. The van der Waals surface area contributed by atoms with Gasteiger partial charge in [-0.15, -0.1) is 0 Å². The maximum absolute atomic E-state index is 6.53. The third-order valence-electron chi connectivity index (χ3n) is 8.39. The molecular weight excluding hydrogens is 542 g/mol. The van der Waals surface area contributed by atoms with Gasteiger partial charge in [0.15, 0.2) is 5.82 Å². The van der Waals surface area contributed by atoms with Crippen LogP contribution in [-0.2, 0) is 0 Å². The van der Waals surface area contributed by atoms with Gasteiger partial charge in [0.1, 0.15) is 24.0 Å². The van der Waals surface area contributed by atoms with Gasteiger partial charge in [-0.2, -0.15) is 0 Å². The summed E-state index contributed by atoms with van der Waals surface area (Å²) in [6.45, 7) is 7.19. The third-order valence-corrected chi connectivity index (χ3v) is 8.39. The molecule has 0 aliphatic carbocycles. The van der Waals surface area contributed by atoms with Crippen molar-refractivity contribution in [3.05, 3.63) is 138 Å². The molecule has 8 rings (SSSR count). The fourth-order valence-electron chi connectivity index (χ4n) is 6.68. The van der Waals surface area contributed by atoms with E-state index in [4.69, 9.17) is 9.72 Å². The van der Waals surface area contributed by atoms with Crippen molar-refractivity contribution >= 4 is 44.7 Å². The quantitative estimate of drug-likeness (QED) is 0.205. The zero-order valence-corrected chi connectivity index (χ0v) is 24.9. The van der Waals surface area contributed by atoms with E-state index >= 15 is 0 Å². The molecule has 0 unspecified atom stereocenters. The molecular formula is C38H31N5O. The molecule has 0 saturated carbocycles. The molecule has 0 spiro atoms. The summed E-state index contributed by atoms with van der Waals surface area (Å²) in [6, 6.07) is 37.6. The molecule has 0 saturated heterocycles. The summed E-state index contributed by atoms with van der Waals surface area (Å²) < 4.78 is 8.73. The first kappa shape index (κ1) is 26.0. The van der Waals surface area contributed by atoms with Gasteiger partial charge >= 0.3 is 0 Å². The van der Waals surface area contributed by atoms with Gasteiger partial charge in [0.2, 0.25) is 0 Å². The number of anilines is 4. The molecule has 1 aliphatic heterocycles. The van der Waals surface area contributed by atoms with E-state index in [0.29, 0.717) is 6.67 Å². The molecule has 0 atom stereocenters. The summed E-state index contributed by atoms with van der Waals surface area (Å²) in [5.41, 5.74) is 9.31. The zero-order valence-electron chi connectivity index (χ0n) is 24.9. The minimum absolute atomic E-state index is 0.663. The van der Waals surface area contributed by atoms with E-state index < -0.39 is 0 Å². The van der Waals surface area contributed by atoms with E-state index in [1.54, 1.807) is 0 Å². The SMILES string of the molecule is Cc1cc(C)c(N2CN(c3cccc(Oc4ccc5c6ccccc6n(-c6ccccn6)c5c4)c3)c3ncccc32)c(C)c1. The number of aryl methyl sites for hydroxylation is 3. The number of nitrogens with zero attached hydrogens (tertiary/aromatic N) is 5. The number of para-hydroxylation sites is 1. The molecule has 0 fully saturated rings. The second-order valence-corrected chi connectivity index (χ2v) is 11.4. The van der Waals surface area contributed by atoms with Crippen LogP contribution >= 0.6 is 0 Å². The van der Waals surface area contributed by atoms with Crippen molar-refractivity contribution in [3.63, 3.8) is 0 Å². The van der Waals surface area contributed by atoms with Gasteiger partial charge in [0.05, 0.1) is 16.7 Å². The van der Waals surface area contributed by atoms with Gasteiger partial charge < -0.3 is 14.5 Å². The predicted octanol–water partition coefficient (Wildman–Crippen LogP) is 9.54. The number of rotatable bonds is 5. The fourth-order valence-corrected chi connectivity index (χ4v) is 6.68. The summed E-state index contributed by atoms with van der Waals surface area (Å²) in [5, 5.41) is 2.35. The predicted molar refractivity (Wildman–Crippen MR) is 179 cm³/mol. The highest BCUT2D eigenvalue weighted by Crippen LogP contribution is 2.45. The molecule has 6 nitrogen and oxygen atoms in total. The average molecular weight is 574 g/mol. The first-order chi connectivity index (χ1) is 21.5. The number of benzene rings is 4. The van der Waals surface area contributed by atoms with Crippen molar-refractivity contribution in [2.45, 2.75) is 20.8 Å². The number of hydrogen-bond donors (Lipinski definition) is 0. The maximum Gasteiger partial charge on any atom is 0.158 e. The topological polar surface area (TPSA) is 46.4 Å². The molecule has 1 aliphatic rings. The second kappa shape index (κ2) is 10.3. The van der Waals surface area contributed by atoms with Crippen molar-refractivity contribution in [1.82, 2.24) is 14.5 Å². The highest BCUT2D eigenvalue weighted by atomic mass is 16.5. The molecule has 0 N–H and O–H groups in total. The Balaban J connectivity index is 1.16. The third kappa shape index (κ3) is 4.26. The van der Waals surface area contributed by atoms with Gasteiger partial charge in [0.25, 0.3) is 0 Å². The lowest BCUT2D eigenvalue weighted by molar-refractivity contribution is 0.483. The van der Waals surface area contributed by atoms with Crippen LogP contribution in [0.25, 0.3) is 27.6 Å². The van der Waals surface area contributed by atoms with Gasteiger partial charge in [-0.3, -0.25) is 4.57 Å². The Morgan fingerprint density at radius 1 is 0.614 bits per heavy atom. The van der Waals surface area contributed by atoms with E-state index in [1.807, 2.05) is 54.9 Å². The van der Waals surface area contributed by atoms with Crippen LogP contribution in [0.2, 0.25) is 0 Å². The highest BCUT2D eigenvalue weighted by molar-refractivity contribution is 6.09. The smallest absolute Gasteiger partial charge is 0.158 e. The van der Waals surface area contributed by atoms with E-state index in [1.165, 1.54) is 27.8 Å². The van der Waals surface area contributed by atoms with Gasteiger partial charge in [0, 0.05) is 46.7 Å². The van der Waals surface area contributed by atoms with Crippen LogP contribution in [0.3, 0.4) is 0 Å². The molecule has 0 amide bonds. The maximum atomic E-state index is 6.53. The van der Waals surface area contributed by atoms with E-state index in [0.717, 1.165) is 50.9 Å². The lowest BCUT2D eigenvalue weighted by atomic mass is 10.0. The molecule has 4 heterocycles. The van der Waals surface area contributed by atoms with E-state index in [-0.39, 0.29) is 0 Å². The van der Waals surface area contributed by atoms with Crippen LogP contribution in [0.4, 0.5) is 22.9 Å². The Bertz CT molecular complexity index is 2160. The van der Waals surface area contributed by atoms with E-state index in [2.05, 4.69) is 107 Å². The van der Waals surface area contributed by atoms with Crippen LogP contribution in [0, 0.1) is 20.8 Å². The summed E-state index contributed by atoms with van der Waals surface area (Å²) in [7, 11) is 0. The van der Waals surface area contributed by atoms with Gasteiger partial charge in [-0.25, -0.2) is 9.97 Å². The molecule has 7 aromatic rings. The number of pyridine rings is 2. The van der Waals surface area contributed by atoms with Gasteiger partial charge in [-0.1, -0.05) is 48.0 Å². The number of fused-ring (bicyclic) bond motifs is 4. The van der Waals surface area contributed by atoms with Crippen LogP contribution in [-0.4, -0.2) is 21.2 Å². The molecule has 3 aromatic heterocycles. The molecule has 6 heteroatoms. The van der Waals surface area contributed by atoms with Crippen molar-refractivity contribution in [2.24, 2.45) is 0 Å². The van der Waals surface area contributed by atoms with Crippen molar-refractivity contribution in [2.75, 3.05) is 16.5 Å². The first-order valence-electron chi connectivity index (χ1n) is 14.9. The lowest BCUT2D eigenvalue weighted by Crippen LogP contribution is -2.25. The Morgan fingerprint density at radius 3 is 2.23 bits per heavy atom. The van der Waals surface area contributed by atoms with Crippen LogP contribution in [0.5, 0.6) is 11.5 Å². The Labute approximate surface area is 256 Å². The number of aromatic nitrogens is 3. The summed E-state index contributed by atoms with van der Waals surface area (Å²) in [4.78, 5) is 14.1. The average Bonchev–Trinajstić information content (AvgIpc) is 3.57. The van der Waals surface area contributed by atoms with Gasteiger partial charge in [-0.05, 0) is 86.5 Å². The van der Waals surface area contributed by atoms with Crippen molar-refractivity contribution < 1.29 is 4.74 Å². The highest BCUT2D eigenvalue weighted by Gasteiger charge is 2.31. The van der Waals surface area contributed by atoms with Crippen molar-refractivity contribution in [3.8, 4) is 17.3 Å². The summed E-state index contributed by atoms with van der Waals surface area (Å²) >= 11 is 0. The molecule has 214 valence electrons. The Kier molecular flexibility index (Phi) is 6.08. The molecule has 0 bridgehead atoms. The molecule has 44 heavy (non-hydrogen) atoms. The number of hydrogen-bond acceptors (Lipinski definition) is 5.